The van der Waals surface area contributed by atoms with Crippen molar-refractivity contribution in [3.63, 3.8) is 0 Å². The number of rotatable bonds is 4. The highest BCUT2D eigenvalue weighted by Crippen LogP contribution is 2.42. The molecule has 2 atom stereocenters. The molecule has 6 heteroatoms. The number of para-hydroxylation sites is 2. The van der Waals surface area contributed by atoms with Crippen LogP contribution in [0.5, 0.6) is 5.75 Å². The molecule has 2 heterocycles. The summed E-state index contributed by atoms with van der Waals surface area (Å²) >= 11 is 1.92. The van der Waals surface area contributed by atoms with E-state index < -0.39 is 0 Å². The minimum absolute atomic E-state index is 0.372. The van der Waals surface area contributed by atoms with Gasteiger partial charge in [-0.25, -0.2) is 0 Å². The van der Waals surface area contributed by atoms with Gasteiger partial charge in [0.1, 0.15) is 5.75 Å². The van der Waals surface area contributed by atoms with Gasteiger partial charge in [-0.1, -0.05) is 31.2 Å². The zero-order valence-electron chi connectivity index (χ0n) is 15.0. The maximum absolute atomic E-state index is 5.96. The second-order valence-electron chi connectivity index (χ2n) is 6.36. The SMILES string of the molecule is COc1ccccc1-c1nnc(CN2c3ccccc3S[C@H](C)[C@H]2C)o1. The molecule has 0 N–H and O–H groups in total. The number of hydrogen-bond donors (Lipinski definition) is 0. The van der Waals surface area contributed by atoms with Crippen LogP contribution >= 0.6 is 11.8 Å². The van der Waals surface area contributed by atoms with E-state index in [0.717, 1.165) is 11.3 Å². The third kappa shape index (κ3) is 3.05. The number of aromatic nitrogens is 2. The smallest absolute Gasteiger partial charge is 0.251 e. The van der Waals surface area contributed by atoms with E-state index in [0.29, 0.717) is 29.6 Å². The van der Waals surface area contributed by atoms with Gasteiger partial charge in [0.15, 0.2) is 0 Å². The second-order valence-corrected chi connectivity index (χ2v) is 7.78. The molecule has 0 saturated carbocycles. The quantitative estimate of drug-likeness (QED) is 0.670. The number of methoxy groups -OCH3 is 1. The van der Waals surface area contributed by atoms with Crippen LogP contribution in [0.3, 0.4) is 0 Å². The van der Waals surface area contributed by atoms with Crippen LogP contribution in [0.15, 0.2) is 57.8 Å². The number of nitrogens with zero attached hydrogens (tertiary/aromatic N) is 3. The lowest BCUT2D eigenvalue weighted by molar-refractivity contribution is 0.413. The van der Waals surface area contributed by atoms with Crippen molar-refractivity contribution >= 4 is 17.4 Å². The van der Waals surface area contributed by atoms with Gasteiger partial charge in [-0.15, -0.1) is 22.0 Å². The van der Waals surface area contributed by atoms with E-state index in [1.807, 2.05) is 36.0 Å². The van der Waals surface area contributed by atoms with Crippen LogP contribution < -0.4 is 9.64 Å². The van der Waals surface area contributed by atoms with Crippen molar-refractivity contribution in [3.05, 3.63) is 54.4 Å². The lowest BCUT2D eigenvalue weighted by atomic mass is 10.1. The Bertz CT molecular complexity index is 911. The molecule has 4 rings (SSSR count). The molecule has 1 aromatic heterocycles. The third-order valence-electron chi connectivity index (χ3n) is 4.77. The first kappa shape index (κ1) is 17.0. The Kier molecular flexibility index (Phi) is 4.59. The highest BCUT2D eigenvalue weighted by Gasteiger charge is 2.30. The Morgan fingerprint density at radius 1 is 1.08 bits per heavy atom. The van der Waals surface area contributed by atoms with E-state index in [-0.39, 0.29) is 0 Å². The van der Waals surface area contributed by atoms with E-state index in [1.54, 1.807) is 7.11 Å². The lowest BCUT2D eigenvalue weighted by Crippen LogP contribution is -2.41. The van der Waals surface area contributed by atoms with Crippen LogP contribution in [0, 0.1) is 0 Å². The van der Waals surface area contributed by atoms with Crippen LogP contribution in [0.4, 0.5) is 5.69 Å². The van der Waals surface area contributed by atoms with Crippen LogP contribution in [0.1, 0.15) is 19.7 Å². The number of thioether (sulfide) groups is 1. The van der Waals surface area contributed by atoms with Gasteiger partial charge in [-0.2, -0.15) is 0 Å². The Balaban J connectivity index is 1.63. The fraction of sp³-hybridized carbons (Fsp3) is 0.300. The first-order valence-electron chi connectivity index (χ1n) is 8.65. The van der Waals surface area contributed by atoms with Gasteiger partial charge < -0.3 is 14.1 Å². The van der Waals surface area contributed by atoms with Crippen LogP contribution in [0.2, 0.25) is 0 Å². The summed E-state index contributed by atoms with van der Waals surface area (Å²) < 4.78 is 11.4. The maximum Gasteiger partial charge on any atom is 0.251 e. The molecule has 0 radical (unpaired) electrons. The fourth-order valence-electron chi connectivity index (χ4n) is 3.19. The second kappa shape index (κ2) is 7.03. The molecule has 1 aliphatic heterocycles. The average molecular weight is 367 g/mol. The van der Waals surface area contributed by atoms with Crippen LogP contribution in [0.25, 0.3) is 11.5 Å². The van der Waals surface area contributed by atoms with Crippen molar-refractivity contribution in [2.45, 2.75) is 36.6 Å². The van der Waals surface area contributed by atoms with Crippen molar-refractivity contribution in [2.24, 2.45) is 0 Å². The van der Waals surface area contributed by atoms with E-state index in [1.165, 1.54) is 10.6 Å². The van der Waals surface area contributed by atoms with Gasteiger partial charge in [0.25, 0.3) is 5.89 Å². The molecule has 0 unspecified atom stereocenters. The summed E-state index contributed by atoms with van der Waals surface area (Å²) in [7, 11) is 1.64. The number of anilines is 1. The largest absolute Gasteiger partial charge is 0.496 e. The third-order valence-corrected chi connectivity index (χ3v) is 6.13. The van der Waals surface area contributed by atoms with Crippen molar-refractivity contribution in [3.8, 4) is 17.2 Å². The molecule has 0 saturated heterocycles. The van der Waals surface area contributed by atoms with E-state index in [4.69, 9.17) is 9.15 Å². The standard InChI is InChI=1S/C20H21N3O2S/c1-13-14(2)26-18-11-7-5-9-16(18)23(13)12-19-21-22-20(25-19)15-8-4-6-10-17(15)24-3/h4-11,13-14H,12H2,1-3H3/t13-,14-/m1/s1. The van der Waals surface area contributed by atoms with Crippen molar-refractivity contribution in [1.29, 1.82) is 0 Å². The average Bonchev–Trinajstić information content (AvgIpc) is 3.14. The van der Waals surface area contributed by atoms with Gasteiger partial charge >= 0.3 is 0 Å². The topological polar surface area (TPSA) is 51.4 Å². The molecule has 3 aromatic rings. The molecule has 5 nitrogen and oxygen atoms in total. The predicted molar refractivity (Wildman–Crippen MR) is 104 cm³/mol. The normalized spacial score (nSPS) is 19.3. The molecule has 0 aliphatic carbocycles. The summed E-state index contributed by atoms with van der Waals surface area (Å²) in [6.45, 7) is 5.09. The Hall–Kier alpha value is -2.47. The molecule has 0 bridgehead atoms. The summed E-state index contributed by atoms with van der Waals surface area (Å²) in [5, 5.41) is 8.99. The summed E-state index contributed by atoms with van der Waals surface area (Å²) in [4.78, 5) is 3.64. The Labute approximate surface area is 157 Å². The molecule has 0 amide bonds. The highest BCUT2D eigenvalue weighted by atomic mass is 32.2. The van der Waals surface area contributed by atoms with Crippen molar-refractivity contribution in [1.82, 2.24) is 10.2 Å². The number of fused-ring (bicyclic) bond motifs is 1. The molecule has 0 spiro atoms. The highest BCUT2D eigenvalue weighted by molar-refractivity contribution is 8.00. The Morgan fingerprint density at radius 2 is 1.85 bits per heavy atom. The van der Waals surface area contributed by atoms with Crippen LogP contribution in [-0.2, 0) is 6.54 Å². The number of hydrogen-bond acceptors (Lipinski definition) is 6. The van der Waals surface area contributed by atoms with Gasteiger partial charge in [0.2, 0.25) is 5.89 Å². The van der Waals surface area contributed by atoms with Gasteiger partial charge in [0.05, 0.1) is 24.9 Å². The van der Waals surface area contributed by atoms with Gasteiger partial charge in [0, 0.05) is 16.2 Å². The fourth-order valence-corrected chi connectivity index (χ4v) is 4.40. The van der Waals surface area contributed by atoms with Crippen molar-refractivity contribution < 1.29 is 9.15 Å². The molecule has 134 valence electrons. The summed E-state index contributed by atoms with van der Waals surface area (Å²) in [5.41, 5.74) is 2.03. The van der Waals surface area contributed by atoms with Gasteiger partial charge in [-0.3, -0.25) is 0 Å². The zero-order valence-corrected chi connectivity index (χ0v) is 15.9. The molecular weight excluding hydrogens is 346 g/mol. The first-order chi connectivity index (χ1) is 12.7. The molecular formula is C20H21N3O2S. The molecule has 2 aromatic carbocycles. The van der Waals surface area contributed by atoms with Crippen LogP contribution in [-0.4, -0.2) is 28.6 Å². The predicted octanol–water partition coefficient (Wildman–Crippen LogP) is 4.63. The molecule has 26 heavy (non-hydrogen) atoms. The lowest BCUT2D eigenvalue weighted by Gasteiger charge is -2.39. The first-order valence-corrected chi connectivity index (χ1v) is 9.53. The molecule has 0 fully saturated rings. The molecule has 1 aliphatic rings. The van der Waals surface area contributed by atoms with E-state index in [9.17, 15) is 0 Å². The summed E-state index contributed by atoms with van der Waals surface area (Å²) in [6.07, 6.45) is 0. The van der Waals surface area contributed by atoms with Crippen molar-refractivity contribution in [2.75, 3.05) is 12.0 Å². The maximum atomic E-state index is 5.96. The number of benzene rings is 2. The minimum Gasteiger partial charge on any atom is -0.496 e. The van der Waals surface area contributed by atoms with Gasteiger partial charge in [-0.05, 0) is 31.2 Å². The Morgan fingerprint density at radius 3 is 2.69 bits per heavy atom. The number of ether oxygens (including phenoxy) is 1. The summed E-state index contributed by atoms with van der Waals surface area (Å²) in [6, 6.07) is 16.5. The summed E-state index contributed by atoms with van der Waals surface area (Å²) in [5.74, 6) is 1.81. The van der Waals surface area contributed by atoms with E-state index in [2.05, 4.69) is 53.2 Å². The zero-order chi connectivity index (χ0) is 18.1. The minimum atomic E-state index is 0.372. The monoisotopic (exact) mass is 367 g/mol. The van der Waals surface area contributed by atoms with E-state index >= 15 is 0 Å².